The summed E-state index contributed by atoms with van der Waals surface area (Å²) in [4.78, 5) is 2.26. The van der Waals surface area contributed by atoms with Crippen molar-refractivity contribution in [3.05, 3.63) is 23.5 Å². The van der Waals surface area contributed by atoms with Crippen LogP contribution in [0.15, 0.2) is 12.1 Å². The Morgan fingerprint density at radius 2 is 2.11 bits per heavy atom. The standard InChI is InChI=1S/C13H19FN2O2/c1-18-12-3-2-11(14)10(13(12)17)4-7-16-8-5-15-6-9-16/h2-3,15,17H,4-9H2,1H3. The zero-order chi connectivity index (χ0) is 13.0. The monoisotopic (exact) mass is 254 g/mol. The van der Waals surface area contributed by atoms with E-state index in [2.05, 4.69) is 10.2 Å². The highest BCUT2D eigenvalue weighted by molar-refractivity contribution is 5.46. The van der Waals surface area contributed by atoms with Gasteiger partial charge in [0.1, 0.15) is 5.82 Å². The van der Waals surface area contributed by atoms with E-state index in [-0.39, 0.29) is 11.6 Å². The van der Waals surface area contributed by atoms with E-state index in [9.17, 15) is 9.50 Å². The summed E-state index contributed by atoms with van der Waals surface area (Å²) in [5.74, 6) is -0.122. The second-order valence-electron chi connectivity index (χ2n) is 4.42. The fourth-order valence-corrected chi connectivity index (χ4v) is 2.20. The number of nitrogens with one attached hydrogen (secondary N) is 1. The van der Waals surface area contributed by atoms with Gasteiger partial charge < -0.3 is 20.1 Å². The molecule has 0 radical (unpaired) electrons. The van der Waals surface area contributed by atoms with Crippen LogP contribution in [0.3, 0.4) is 0 Å². The number of nitrogens with zero attached hydrogens (tertiary/aromatic N) is 1. The van der Waals surface area contributed by atoms with E-state index in [0.29, 0.717) is 17.7 Å². The molecule has 0 bridgehead atoms. The Morgan fingerprint density at radius 3 is 2.78 bits per heavy atom. The van der Waals surface area contributed by atoms with Crippen molar-refractivity contribution < 1.29 is 14.2 Å². The normalized spacial score (nSPS) is 16.8. The predicted octanol–water partition coefficient (Wildman–Crippen LogP) is 0.988. The van der Waals surface area contributed by atoms with E-state index >= 15 is 0 Å². The van der Waals surface area contributed by atoms with Crippen molar-refractivity contribution >= 4 is 0 Å². The number of phenolic OH excluding ortho intramolecular Hbond substituents is 1. The summed E-state index contributed by atoms with van der Waals surface area (Å²) in [6.07, 6.45) is 0.495. The third-order valence-electron chi connectivity index (χ3n) is 3.30. The van der Waals surface area contributed by atoms with Gasteiger partial charge in [-0.2, -0.15) is 0 Å². The largest absolute Gasteiger partial charge is 0.504 e. The van der Waals surface area contributed by atoms with Gasteiger partial charge in [-0.25, -0.2) is 4.39 Å². The van der Waals surface area contributed by atoms with Crippen LogP contribution in [-0.4, -0.2) is 49.8 Å². The summed E-state index contributed by atoms with van der Waals surface area (Å²) in [5, 5.41) is 13.2. The molecule has 0 amide bonds. The average molecular weight is 254 g/mol. The van der Waals surface area contributed by atoms with Gasteiger partial charge in [-0.15, -0.1) is 0 Å². The van der Waals surface area contributed by atoms with Gasteiger partial charge in [-0.05, 0) is 18.6 Å². The smallest absolute Gasteiger partial charge is 0.163 e. The zero-order valence-corrected chi connectivity index (χ0v) is 10.6. The first-order chi connectivity index (χ1) is 8.72. The second kappa shape index (κ2) is 6.02. The van der Waals surface area contributed by atoms with Crippen molar-refractivity contribution in [3.8, 4) is 11.5 Å². The summed E-state index contributed by atoms with van der Waals surface area (Å²) in [6, 6.07) is 2.78. The number of hydrogen-bond acceptors (Lipinski definition) is 4. The topological polar surface area (TPSA) is 44.7 Å². The minimum atomic E-state index is -0.372. The first-order valence-electron chi connectivity index (χ1n) is 6.19. The molecule has 1 saturated heterocycles. The van der Waals surface area contributed by atoms with Crippen molar-refractivity contribution in [1.29, 1.82) is 0 Å². The highest BCUT2D eigenvalue weighted by atomic mass is 19.1. The minimum absolute atomic E-state index is 0.0763. The molecule has 5 heteroatoms. The Balaban J connectivity index is 2.03. The van der Waals surface area contributed by atoms with E-state index in [0.717, 1.165) is 32.7 Å². The third kappa shape index (κ3) is 2.91. The highest BCUT2D eigenvalue weighted by Gasteiger charge is 2.15. The molecule has 0 spiro atoms. The first kappa shape index (κ1) is 13.1. The Bertz CT molecular complexity index is 406. The van der Waals surface area contributed by atoms with Crippen LogP contribution >= 0.6 is 0 Å². The van der Waals surface area contributed by atoms with Gasteiger partial charge >= 0.3 is 0 Å². The average Bonchev–Trinajstić information content (AvgIpc) is 2.40. The summed E-state index contributed by atoms with van der Waals surface area (Å²) in [6.45, 7) is 4.61. The molecular formula is C13H19FN2O2. The van der Waals surface area contributed by atoms with Gasteiger partial charge in [-0.3, -0.25) is 0 Å². The number of rotatable bonds is 4. The third-order valence-corrected chi connectivity index (χ3v) is 3.30. The molecule has 1 fully saturated rings. The molecule has 0 saturated carbocycles. The van der Waals surface area contributed by atoms with Crippen molar-refractivity contribution in [2.24, 2.45) is 0 Å². The van der Waals surface area contributed by atoms with E-state index in [1.165, 1.54) is 19.2 Å². The van der Waals surface area contributed by atoms with Gasteiger partial charge in [0.15, 0.2) is 11.5 Å². The Hall–Kier alpha value is -1.33. The van der Waals surface area contributed by atoms with Crippen LogP contribution in [-0.2, 0) is 6.42 Å². The van der Waals surface area contributed by atoms with Gasteiger partial charge in [0.25, 0.3) is 0 Å². The second-order valence-corrected chi connectivity index (χ2v) is 4.42. The number of piperazine rings is 1. The number of ether oxygens (including phenoxy) is 1. The molecule has 4 nitrogen and oxygen atoms in total. The van der Waals surface area contributed by atoms with Gasteiger partial charge in [0.05, 0.1) is 7.11 Å². The number of benzene rings is 1. The maximum atomic E-state index is 13.7. The molecule has 0 atom stereocenters. The lowest BCUT2D eigenvalue weighted by atomic mass is 10.1. The molecule has 2 N–H and O–H groups in total. The SMILES string of the molecule is COc1ccc(F)c(CCN2CCNCC2)c1O. The summed E-state index contributed by atoms with van der Waals surface area (Å²) >= 11 is 0. The van der Waals surface area contributed by atoms with Gasteiger partial charge in [0, 0.05) is 38.3 Å². The molecule has 100 valence electrons. The zero-order valence-electron chi connectivity index (χ0n) is 10.6. The molecule has 1 aliphatic heterocycles. The van der Waals surface area contributed by atoms with Crippen LogP contribution in [0.1, 0.15) is 5.56 Å². The van der Waals surface area contributed by atoms with Crippen LogP contribution in [0.4, 0.5) is 4.39 Å². The Kier molecular flexibility index (Phi) is 4.38. The van der Waals surface area contributed by atoms with Crippen molar-refractivity contribution in [3.63, 3.8) is 0 Å². The molecule has 2 rings (SSSR count). The van der Waals surface area contributed by atoms with Crippen LogP contribution < -0.4 is 10.1 Å². The van der Waals surface area contributed by atoms with E-state index in [4.69, 9.17) is 4.74 Å². The first-order valence-corrected chi connectivity index (χ1v) is 6.19. The van der Waals surface area contributed by atoms with E-state index < -0.39 is 0 Å². The summed E-state index contributed by atoms with van der Waals surface area (Å²) in [7, 11) is 1.47. The van der Waals surface area contributed by atoms with Crippen LogP contribution in [0.25, 0.3) is 0 Å². The molecule has 0 aliphatic carbocycles. The molecule has 1 aliphatic rings. The number of hydrogen-bond donors (Lipinski definition) is 2. The Labute approximate surface area is 106 Å². The number of halogens is 1. The molecule has 1 aromatic carbocycles. The van der Waals surface area contributed by atoms with Crippen LogP contribution in [0.5, 0.6) is 11.5 Å². The number of phenols is 1. The quantitative estimate of drug-likeness (QED) is 0.841. The highest BCUT2D eigenvalue weighted by Crippen LogP contribution is 2.31. The molecule has 1 heterocycles. The lowest BCUT2D eigenvalue weighted by Crippen LogP contribution is -2.44. The summed E-state index contributed by atoms with van der Waals surface area (Å²) in [5.41, 5.74) is 0.341. The molecule has 0 unspecified atom stereocenters. The van der Waals surface area contributed by atoms with Crippen molar-refractivity contribution in [2.45, 2.75) is 6.42 Å². The van der Waals surface area contributed by atoms with Crippen LogP contribution in [0.2, 0.25) is 0 Å². The summed E-state index contributed by atoms with van der Waals surface area (Å²) < 4.78 is 18.7. The van der Waals surface area contributed by atoms with Crippen LogP contribution in [0, 0.1) is 5.82 Å². The fourth-order valence-electron chi connectivity index (χ4n) is 2.20. The lowest BCUT2D eigenvalue weighted by Gasteiger charge is -2.27. The molecule has 1 aromatic rings. The van der Waals surface area contributed by atoms with E-state index in [1.807, 2.05) is 0 Å². The maximum absolute atomic E-state index is 13.7. The maximum Gasteiger partial charge on any atom is 0.163 e. The number of aromatic hydroxyl groups is 1. The Morgan fingerprint density at radius 1 is 1.39 bits per heavy atom. The van der Waals surface area contributed by atoms with Gasteiger partial charge in [0.2, 0.25) is 0 Å². The number of methoxy groups -OCH3 is 1. The van der Waals surface area contributed by atoms with Crippen molar-refractivity contribution in [2.75, 3.05) is 39.8 Å². The van der Waals surface area contributed by atoms with E-state index in [1.54, 1.807) is 0 Å². The predicted molar refractivity (Wildman–Crippen MR) is 67.6 cm³/mol. The lowest BCUT2D eigenvalue weighted by molar-refractivity contribution is 0.242. The molecular weight excluding hydrogens is 235 g/mol. The molecule has 0 aromatic heterocycles. The molecule has 18 heavy (non-hydrogen) atoms. The van der Waals surface area contributed by atoms with Gasteiger partial charge in [-0.1, -0.05) is 0 Å². The minimum Gasteiger partial charge on any atom is -0.504 e. The fraction of sp³-hybridized carbons (Fsp3) is 0.538. The van der Waals surface area contributed by atoms with Crippen molar-refractivity contribution in [1.82, 2.24) is 10.2 Å².